The van der Waals surface area contributed by atoms with E-state index in [1.54, 1.807) is 31.2 Å². The third-order valence-corrected chi connectivity index (χ3v) is 3.68. The number of aliphatic carboxylic acids is 1. The predicted molar refractivity (Wildman–Crippen MR) is 86.6 cm³/mol. The van der Waals surface area contributed by atoms with E-state index in [9.17, 15) is 9.59 Å². The number of hydrogen-bond acceptors (Lipinski definition) is 3. The Morgan fingerprint density at radius 3 is 2.23 bits per heavy atom. The molecule has 0 aliphatic rings. The molecule has 122 valence electrons. The molecule has 0 saturated heterocycles. The highest BCUT2D eigenvalue weighted by atomic mass is 16.4. The maximum absolute atomic E-state index is 11.1. The van der Waals surface area contributed by atoms with Crippen LogP contribution in [0.1, 0.15) is 49.9 Å². The summed E-state index contributed by atoms with van der Waals surface area (Å²) in [7, 11) is 0. The summed E-state index contributed by atoms with van der Waals surface area (Å²) in [4.78, 5) is 24.0. The summed E-state index contributed by atoms with van der Waals surface area (Å²) in [5, 5.41) is 18.0. The van der Waals surface area contributed by atoms with Gasteiger partial charge in [0.05, 0.1) is 11.5 Å². The van der Waals surface area contributed by atoms with Gasteiger partial charge in [-0.1, -0.05) is 33.1 Å². The van der Waals surface area contributed by atoms with Crippen molar-refractivity contribution in [3.05, 3.63) is 29.8 Å². The van der Waals surface area contributed by atoms with Crippen LogP contribution in [0.25, 0.3) is 0 Å². The van der Waals surface area contributed by atoms with Gasteiger partial charge in [-0.05, 0) is 30.7 Å². The summed E-state index contributed by atoms with van der Waals surface area (Å²) in [6.45, 7) is 5.04. The summed E-state index contributed by atoms with van der Waals surface area (Å²) in [5.41, 5.74) is 1.11. The Kier molecular flexibility index (Phi) is 7.43. The van der Waals surface area contributed by atoms with Gasteiger partial charge in [0.25, 0.3) is 0 Å². The predicted octanol–water partition coefficient (Wildman–Crippen LogP) is 3.49. The topological polar surface area (TPSA) is 77.8 Å². The van der Waals surface area contributed by atoms with Gasteiger partial charge in [0.2, 0.25) is 0 Å². The zero-order valence-corrected chi connectivity index (χ0v) is 13.3. The molecule has 0 spiro atoms. The highest BCUT2D eigenvalue weighted by molar-refractivity contribution is 5.88. The molecule has 0 radical (unpaired) electrons. The monoisotopic (exact) mass is 307 g/mol. The quantitative estimate of drug-likeness (QED) is 0.647. The molecule has 5 heteroatoms. The van der Waals surface area contributed by atoms with Crippen LogP contribution >= 0.6 is 0 Å². The molecule has 0 aliphatic heterocycles. The van der Waals surface area contributed by atoms with Crippen molar-refractivity contribution in [2.45, 2.75) is 39.5 Å². The Balaban J connectivity index is 2.78. The summed E-state index contributed by atoms with van der Waals surface area (Å²) >= 11 is 0. The molecule has 2 N–H and O–H groups in total. The second-order valence-electron chi connectivity index (χ2n) is 5.60. The van der Waals surface area contributed by atoms with E-state index >= 15 is 0 Å². The number of anilines is 1. The minimum atomic E-state index is -0.958. The lowest BCUT2D eigenvalue weighted by Gasteiger charge is -2.27. The smallest absolute Gasteiger partial charge is 0.335 e. The maximum Gasteiger partial charge on any atom is 0.335 e. The van der Waals surface area contributed by atoms with Crippen LogP contribution in [0.2, 0.25) is 0 Å². The van der Waals surface area contributed by atoms with Crippen LogP contribution in [0.5, 0.6) is 0 Å². The molecule has 22 heavy (non-hydrogen) atoms. The molecule has 1 aromatic rings. The van der Waals surface area contributed by atoms with Crippen molar-refractivity contribution in [2.24, 2.45) is 5.92 Å². The van der Waals surface area contributed by atoms with Gasteiger partial charge in [0.15, 0.2) is 0 Å². The first kappa shape index (κ1) is 18.0. The minimum absolute atomic E-state index is 0.237. The highest BCUT2D eigenvalue weighted by Crippen LogP contribution is 2.18. The number of hydrogen-bond donors (Lipinski definition) is 2. The Morgan fingerprint density at radius 1 is 1.09 bits per heavy atom. The number of unbranched alkanes of at least 4 members (excludes halogenated alkanes) is 3. The second kappa shape index (κ2) is 9.07. The van der Waals surface area contributed by atoms with E-state index in [-0.39, 0.29) is 5.56 Å². The van der Waals surface area contributed by atoms with Crippen molar-refractivity contribution in [1.29, 1.82) is 0 Å². The van der Waals surface area contributed by atoms with Crippen molar-refractivity contribution in [3.63, 3.8) is 0 Å². The lowest BCUT2D eigenvalue weighted by Crippen LogP contribution is -2.32. The van der Waals surface area contributed by atoms with Gasteiger partial charge in [-0.3, -0.25) is 4.79 Å². The van der Waals surface area contributed by atoms with Crippen molar-refractivity contribution in [1.82, 2.24) is 0 Å². The third-order valence-electron chi connectivity index (χ3n) is 3.68. The van der Waals surface area contributed by atoms with E-state index < -0.39 is 17.9 Å². The summed E-state index contributed by atoms with van der Waals surface area (Å²) in [5.74, 6) is -2.24. The summed E-state index contributed by atoms with van der Waals surface area (Å²) < 4.78 is 0. The number of nitrogens with zero attached hydrogens (tertiary/aromatic N) is 1. The first-order valence-electron chi connectivity index (χ1n) is 7.76. The average Bonchev–Trinajstić information content (AvgIpc) is 2.50. The highest BCUT2D eigenvalue weighted by Gasteiger charge is 2.16. The van der Waals surface area contributed by atoms with Crippen molar-refractivity contribution >= 4 is 17.6 Å². The SMILES string of the molecule is CCCCCCN(CC(C)C(=O)O)c1ccc(C(=O)O)cc1. The van der Waals surface area contributed by atoms with E-state index in [1.807, 2.05) is 4.90 Å². The summed E-state index contributed by atoms with van der Waals surface area (Å²) in [6, 6.07) is 6.61. The molecule has 1 aromatic carbocycles. The Morgan fingerprint density at radius 2 is 1.73 bits per heavy atom. The Hall–Kier alpha value is -2.04. The molecule has 0 fully saturated rings. The van der Waals surface area contributed by atoms with Gasteiger partial charge >= 0.3 is 11.9 Å². The lowest BCUT2D eigenvalue weighted by atomic mass is 10.1. The molecule has 1 atom stereocenters. The van der Waals surface area contributed by atoms with E-state index in [0.29, 0.717) is 6.54 Å². The molecule has 0 bridgehead atoms. The minimum Gasteiger partial charge on any atom is -0.481 e. The van der Waals surface area contributed by atoms with Crippen molar-refractivity contribution in [3.8, 4) is 0 Å². The fourth-order valence-corrected chi connectivity index (χ4v) is 2.28. The van der Waals surface area contributed by atoms with Crippen LogP contribution < -0.4 is 4.90 Å². The number of carboxylic acids is 2. The average molecular weight is 307 g/mol. The Labute approximate surface area is 131 Å². The molecule has 1 unspecified atom stereocenters. The van der Waals surface area contributed by atoms with Crippen molar-refractivity contribution < 1.29 is 19.8 Å². The molecule has 0 saturated carbocycles. The van der Waals surface area contributed by atoms with Crippen LogP contribution in [0, 0.1) is 5.92 Å². The molecular weight excluding hydrogens is 282 g/mol. The van der Waals surface area contributed by atoms with Crippen LogP contribution in [-0.4, -0.2) is 35.2 Å². The van der Waals surface area contributed by atoms with Gasteiger partial charge in [-0.2, -0.15) is 0 Å². The van der Waals surface area contributed by atoms with Gasteiger partial charge in [0, 0.05) is 18.8 Å². The van der Waals surface area contributed by atoms with Crippen LogP contribution in [-0.2, 0) is 4.79 Å². The van der Waals surface area contributed by atoms with Gasteiger partial charge in [-0.25, -0.2) is 4.79 Å². The molecule has 0 aliphatic carbocycles. The number of carboxylic acid groups (broad SMARTS) is 2. The maximum atomic E-state index is 11.1. The third kappa shape index (κ3) is 5.76. The first-order valence-corrected chi connectivity index (χ1v) is 7.76. The normalized spacial score (nSPS) is 11.9. The molecule has 0 heterocycles. The van der Waals surface area contributed by atoms with Crippen LogP contribution in [0.4, 0.5) is 5.69 Å². The van der Waals surface area contributed by atoms with E-state index in [0.717, 1.165) is 31.5 Å². The van der Waals surface area contributed by atoms with Gasteiger partial charge < -0.3 is 15.1 Å². The van der Waals surface area contributed by atoms with Crippen LogP contribution in [0.3, 0.4) is 0 Å². The van der Waals surface area contributed by atoms with Gasteiger partial charge in [0.1, 0.15) is 0 Å². The molecule has 0 amide bonds. The van der Waals surface area contributed by atoms with Gasteiger partial charge in [-0.15, -0.1) is 0 Å². The molecule has 1 rings (SSSR count). The molecular formula is C17H25NO4. The molecule has 5 nitrogen and oxygen atoms in total. The number of aromatic carboxylic acids is 1. The lowest BCUT2D eigenvalue weighted by molar-refractivity contribution is -0.140. The zero-order chi connectivity index (χ0) is 16.5. The largest absolute Gasteiger partial charge is 0.481 e. The van der Waals surface area contributed by atoms with E-state index in [1.165, 1.54) is 6.42 Å². The Bertz CT molecular complexity index is 484. The number of rotatable bonds is 10. The first-order chi connectivity index (χ1) is 10.5. The standard InChI is InChI=1S/C17H25NO4/c1-3-4-5-6-11-18(12-13(2)16(19)20)15-9-7-14(8-10-15)17(21)22/h7-10,13H,3-6,11-12H2,1-2H3,(H,19,20)(H,21,22). The fraction of sp³-hybridized carbons (Fsp3) is 0.529. The van der Waals surface area contributed by atoms with E-state index in [4.69, 9.17) is 10.2 Å². The van der Waals surface area contributed by atoms with E-state index in [2.05, 4.69) is 6.92 Å². The number of carbonyl (C=O) groups is 2. The van der Waals surface area contributed by atoms with Crippen LogP contribution in [0.15, 0.2) is 24.3 Å². The summed E-state index contributed by atoms with van der Waals surface area (Å²) in [6.07, 6.45) is 4.43. The van der Waals surface area contributed by atoms with Crippen molar-refractivity contribution in [2.75, 3.05) is 18.0 Å². The fourth-order valence-electron chi connectivity index (χ4n) is 2.28. The second-order valence-corrected chi connectivity index (χ2v) is 5.60. The number of benzene rings is 1. The zero-order valence-electron chi connectivity index (χ0n) is 13.3. The molecule has 0 aromatic heterocycles.